The molecule has 0 radical (unpaired) electrons. The highest BCUT2D eigenvalue weighted by molar-refractivity contribution is 3.92. The van der Waals surface area contributed by atoms with Crippen molar-refractivity contribution in [2.24, 2.45) is 5.73 Å². The van der Waals surface area contributed by atoms with Gasteiger partial charge in [-0.3, -0.25) is 0 Å². The van der Waals surface area contributed by atoms with Gasteiger partial charge in [-0.1, -0.05) is 61.8 Å². The van der Waals surface area contributed by atoms with Crippen LogP contribution < -0.4 is 5.73 Å². The molecule has 0 saturated carbocycles. The first kappa shape index (κ1) is 40.6. The van der Waals surface area contributed by atoms with Crippen molar-refractivity contribution in [2.75, 3.05) is 7.05 Å². The predicted molar refractivity (Wildman–Crippen MR) is 63.7 cm³/mol. The zero-order valence-electron chi connectivity index (χ0n) is 10.8. The lowest BCUT2D eigenvalue weighted by Crippen LogP contribution is -1.69. The number of hydrogen-bond donors (Lipinski definition) is 1. The quantitative estimate of drug-likeness (QED) is 0.616. The Morgan fingerprint density at radius 2 is 0.667 bits per heavy atom. The molecule has 0 atom stereocenters. The molecule has 0 aromatic rings. The minimum Gasteiger partial charge on any atom is -0.412 e. The Hall–Kier alpha value is -0.0800. The van der Waals surface area contributed by atoms with Crippen LogP contribution in [0, 0.1) is 0 Å². The molecular weight excluding hydrogens is 150 g/mol. The standard InChI is InChI=1S/C3H8.3C2H6.CH5N.H2O/c1-3-2;4*1-2;/h3H2,1-2H3;3*1-2H3;2H2,1H3;1H2. The molecule has 0 unspecified atom stereocenters. The third-order valence-electron chi connectivity index (χ3n) is 0. The molecule has 0 spiro atoms. The first-order chi connectivity index (χ1) is 5.41. The van der Waals surface area contributed by atoms with Gasteiger partial charge in [0.1, 0.15) is 0 Å². The van der Waals surface area contributed by atoms with Crippen molar-refractivity contribution in [3.05, 3.63) is 0 Å². The van der Waals surface area contributed by atoms with Gasteiger partial charge in [0.05, 0.1) is 0 Å². The molecule has 2 nitrogen and oxygen atoms in total. The molecular formula is C10H33NO. The van der Waals surface area contributed by atoms with Crippen LogP contribution in [0.15, 0.2) is 0 Å². The molecule has 0 heterocycles. The fourth-order valence-electron chi connectivity index (χ4n) is 0. The average molecular weight is 183 g/mol. The van der Waals surface area contributed by atoms with Crippen molar-refractivity contribution in [1.29, 1.82) is 0 Å². The zero-order valence-corrected chi connectivity index (χ0v) is 10.8. The van der Waals surface area contributed by atoms with Crippen molar-refractivity contribution in [1.82, 2.24) is 0 Å². The van der Waals surface area contributed by atoms with Crippen LogP contribution in [0.5, 0.6) is 0 Å². The maximum absolute atomic E-state index is 4.50. The number of rotatable bonds is 0. The Balaban J connectivity index is -0.00000000933. The molecule has 0 rings (SSSR count). The van der Waals surface area contributed by atoms with E-state index in [4.69, 9.17) is 0 Å². The monoisotopic (exact) mass is 183 g/mol. The van der Waals surface area contributed by atoms with E-state index in [-0.39, 0.29) is 5.48 Å². The highest BCUT2D eigenvalue weighted by Gasteiger charge is 1.35. The third-order valence-corrected chi connectivity index (χ3v) is 0. The van der Waals surface area contributed by atoms with Crippen LogP contribution in [0.3, 0.4) is 0 Å². The van der Waals surface area contributed by atoms with Gasteiger partial charge in [0.15, 0.2) is 0 Å². The Bertz CT molecular complexity index is 9.80. The molecule has 0 aliphatic heterocycles. The Labute approximate surface area is 80.9 Å². The second kappa shape index (κ2) is 1270. The second-order valence-electron chi connectivity index (χ2n) is 0.707. The van der Waals surface area contributed by atoms with E-state index in [2.05, 4.69) is 19.6 Å². The first-order valence-electron chi connectivity index (χ1n) is 4.99. The van der Waals surface area contributed by atoms with Crippen molar-refractivity contribution in [3.63, 3.8) is 0 Å². The van der Waals surface area contributed by atoms with E-state index in [0.29, 0.717) is 0 Å². The Morgan fingerprint density at radius 1 is 0.667 bits per heavy atom. The van der Waals surface area contributed by atoms with Crippen LogP contribution in [-0.4, -0.2) is 12.5 Å². The highest BCUT2D eigenvalue weighted by atomic mass is 16.0. The molecule has 2 heteroatoms. The fraction of sp³-hybridized carbons (Fsp3) is 1.00. The molecule has 84 valence electrons. The van der Waals surface area contributed by atoms with Gasteiger partial charge in [0.25, 0.3) is 0 Å². The van der Waals surface area contributed by atoms with Crippen molar-refractivity contribution < 1.29 is 5.48 Å². The summed E-state index contributed by atoms with van der Waals surface area (Å²) in [5.41, 5.74) is 4.50. The highest BCUT2D eigenvalue weighted by Crippen LogP contribution is 1.56. The molecule has 0 saturated heterocycles. The minimum atomic E-state index is 0. The molecule has 4 N–H and O–H groups in total. The summed E-state index contributed by atoms with van der Waals surface area (Å²) in [6.07, 6.45) is 1.25. The van der Waals surface area contributed by atoms with Crippen LogP contribution >= 0.6 is 0 Å². The Kier molecular flexibility index (Phi) is 4290. The molecule has 0 aliphatic carbocycles. The molecule has 0 aromatic carbocycles. The van der Waals surface area contributed by atoms with E-state index in [1.807, 2.05) is 41.5 Å². The van der Waals surface area contributed by atoms with Crippen molar-refractivity contribution in [2.45, 2.75) is 61.8 Å². The molecule has 0 fully saturated rings. The van der Waals surface area contributed by atoms with E-state index in [9.17, 15) is 0 Å². The summed E-state index contributed by atoms with van der Waals surface area (Å²) in [5, 5.41) is 0. The minimum absolute atomic E-state index is 0. The molecule has 0 aromatic heterocycles. The lowest BCUT2D eigenvalue weighted by Gasteiger charge is -1.48. The van der Waals surface area contributed by atoms with E-state index < -0.39 is 0 Å². The SMILES string of the molecule is CC.CC.CC.CCC.CN.O. The number of hydrogen-bond acceptors (Lipinski definition) is 1. The van der Waals surface area contributed by atoms with Crippen LogP contribution in [0.1, 0.15) is 61.8 Å². The molecule has 12 heavy (non-hydrogen) atoms. The van der Waals surface area contributed by atoms with E-state index in [1.54, 1.807) is 0 Å². The van der Waals surface area contributed by atoms with Crippen molar-refractivity contribution >= 4 is 0 Å². The summed E-state index contributed by atoms with van der Waals surface area (Å²) in [5.74, 6) is 0. The Morgan fingerprint density at radius 3 is 0.667 bits per heavy atom. The van der Waals surface area contributed by atoms with Crippen LogP contribution in [-0.2, 0) is 0 Å². The average Bonchev–Trinajstić information content (AvgIpc) is 2.18. The summed E-state index contributed by atoms with van der Waals surface area (Å²) < 4.78 is 0. The van der Waals surface area contributed by atoms with Gasteiger partial charge in [-0.25, -0.2) is 0 Å². The van der Waals surface area contributed by atoms with Gasteiger partial charge >= 0.3 is 0 Å². The summed E-state index contributed by atoms with van der Waals surface area (Å²) in [4.78, 5) is 0. The van der Waals surface area contributed by atoms with E-state index >= 15 is 0 Å². The van der Waals surface area contributed by atoms with Gasteiger partial charge in [-0.05, 0) is 7.05 Å². The smallest absolute Gasteiger partial charge is 0.0195 e. The number of nitrogens with two attached hydrogens (primary N) is 1. The van der Waals surface area contributed by atoms with Gasteiger partial charge in [-0.15, -0.1) is 0 Å². The summed E-state index contributed by atoms with van der Waals surface area (Å²) in [7, 11) is 1.50. The topological polar surface area (TPSA) is 57.5 Å². The summed E-state index contributed by atoms with van der Waals surface area (Å²) >= 11 is 0. The molecule has 0 bridgehead atoms. The van der Waals surface area contributed by atoms with Gasteiger partial charge in [0.2, 0.25) is 0 Å². The van der Waals surface area contributed by atoms with E-state index in [1.165, 1.54) is 13.5 Å². The predicted octanol–water partition coefficient (Wildman–Crippen LogP) is 3.25. The van der Waals surface area contributed by atoms with Gasteiger partial charge in [-0.2, -0.15) is 0 Å². The fourth-order valence-corrected chi connectivity index (χ4v) is 0. The zero-order chi connectivity index (χ0) is 10.7. The summed E-state index contributed by atoms with van der Waals surface area (Å²) in [6.45, 7) is 16.2. The largest absolute Gasteiger partial charge is 0.412 e. The second-order valence-corrected chi connectivity index (χ2v) is 0.707. The lowest BCUT2D eigenvalue weighted by molar-refractivity contribution is 0.824. The van der Waals surface area contributed by atoms with Crippen LogP contribution in [0.25, 0.3) is 0 Å². The lowest BCUT2D eigenvalue weighted by atomic mass is 10.6. The first-order valence-corrected chi connectivity index (χ1v) is 4.99. The van der Waals surface area contributed by atoms with E-state index in [0.717, 1.165) is 0 Å². The van der Waals surface area contributed by atoms with Crippen LogP contribution in [0.4, 0.5) is 0 Å². The maximum Gasteiger partial charge on any atom is -0.0195 e. The van der Waals surface area contributed by atoms with Gasteiger partial charge < -0.3 is 11.2 Å². The van der Waals surface area contributed by atoms with Crippen LogP contribution in [0.2, 0.25) is 0 Å². The normalized spacial score (nSPS) is 3.50. The maximum atomic E-state index is 4.50. The van der Waals surface area contributed by atoms with Crippen molar-refractivity contribution in [3.8, 4) is 0 Å². The molecule has 0 aliphatic rings. The molecule has 0 amide bonds. The third kappa shape index (κ3) is 123000. The summed E-state index contributed by atoms with van der Waals surface area (Å²) in [6, 6.07) is 0. The van der Waals surface area contributed by atoms with Gasteiger partial charge in [0, 0.05) is 0 Å².